The van der Waals surface area contributed by atoms with Crippen LogP contribution in [0.25, 0.3) is 0 Å². The van der Waals surface area contributed by atoms with Gasteiger partial charge >= 0.3 is 6.18 Å². The van der Waals surface area contributed by atoms with Gasteiger partial charge in [-0.3, -0.25) is 4.79 Å². The summed E-state index contributed by atoms with van der Waals surface area (Å²) in [6.45, 7) is 4.42. The largest absolute Gasteiger partial charge is 0.434 e. The third kappa shape index (κ3) is 2.86. The van der Waals surface area contributed by atoms with Gasteiger partial charge in [-0.2, -0.15) is 13.2 Å². The minimum Gasteiger partial charge on any atom is -0.338 e. The number of hydrogen-bond donors (Lipinski definition) is 0. The van der Waals surface area contributed by atoms with Crippen molar-refractivity contribution in [1.29, 1.82) is 0 Å². The number of alkyl halides is 3. The molecule has 0 N–H and O–H groups in total. The number of likely N-dealkylation sites (tertiary alicyclic amines) is 1. The highest BCUT2D eigenvalue weighted by atomic mass is 19.4. The van der Waals surface area contributed by atoms with Crippen LogP contribution in [0.5, 0.6) is 0 Å². The van der Waals surface area contributed by atoms with Gasteiger partial charge in [-0.25, -0.2) is 4.98 Å². The fourth-order valence-corrected chi connectivity index (χ4v) is 2.51. The molecule has 1 aliphatic heterocycles. The molecule has 1 aromatic heterocycles. The predicted molar refractivity (Wildman–Crippen MR) is 67.0 cm³/mol. The van der Waals surface area contributed by atoms with Crippen LogP contribution in [0.2, 0.25) is 0 Å². The second-order valence-electron chi connectivity index (χ2n) is 4.92. The zero-order chi connectivity index (χ0) is 14.9. The van der Waals surface area contributed by atoms with E-state index in [4.69, 9.17) is 0 Å². The first-order chi connectivity index (χ1) is 9.32. The van der Waals surface area contributed by atoms with Gasteiger partial charge in [0.15, 0.2) is 5.69 Å². The minimum absolute atomic E-state index is 0.172. The number of amides is 1. The zero-order valence-corrected chi connectivity index (χ0v) is 11.2. The Hall–Kier alpha value is -1.79. The smallest absolute Gasteiger partial charge is 0.338 e. The summed E-state index contributed by atoms with van der Waals surface area (Å²) in [7, 11) is 1.55. The molecule has 1 fully saturated rings. The molecular weight excluding hydrogens is 271 g/mol. The molecule has 0 aromatic carbocycles. The second kappa shape index (κ2) is 5.30. The van der Waals surface area contributed by atoms with Crippen LogP contribution in [-0.2, 0) is 18.0 Å². The molecule has 0 radical (unpaired) electrons. The van der Waals surface area contributed by atoms with E-state index in [-0.39, 0.29) is 11.8 Å². The zero-order valence-electron chi connectivity index (χ0n) is 11.2. The van der Waals surface area contributed by atoms with E-state index in [2.05, 4.69) is 11.6 Å². The van der Waals surface area contributed by atoms with Crippen LogP contribution in [0, 0.1) is 0 Å². The van der Waals surface area contributed by atoms with Gasteiger partial charge in [-0.15, -0.1) is 0 Å². The van der Waals surface area contributed by atoms with Gasteiger partial charge in [0.25, 0.3) is 0 Å². The number of piperidine rings is 1. The Bertz CT molecular complexity index is 521. The highest BCUT2D eigenvalue weighted by Gasteiger charge is 2.36. The number of hydrogen-bond acceptors (Lipinski definition) is 2. The lowest BCUT2D eigenvalue weighted by molar-refractivity contribution is -0.141. The Kier molecular flexibility index (Phi) is 3.87. The molecule has 1 saturated heterocycles. The van der Waals surface area contributed by atoms with Gasteiger partial charge in [0, 0.05) is 32.3 Å². The molecule has 20 heavy (non-hydrogen) atoms. The highest BCUT2D eigenvalue weighted by molar-refractivity contribution is 5.87. The number of carbonyl (C=O) groups excluding carboxylic acids is 1. The number of aryl methyl sites for hydroxylation is 1. The first-order valence-corrected chi connectivity index (χ1v) is 6.34. The van der Waals surface area contributed by atoms with Crippen LogP contribution in [0.15, 0.2) is 18.9 Å². The fourth-order valence-electron chi connectivity index (χ4n) is 2.51. The Labute approximate surface area is 114 Å². The van der Waals surface area contributed by atoms with Crippen molar-refractivity contribution in [3.8, 4) is 0 Å². The number of nitrogens with zero attached hydrogens (tertiary/aromatic N) is 3. The molecule has 2 rings (SSSR count). The molecule has 1 atom stereocenters. The molecule has 110 valence electrons. The van der Waals surface area contributed by atoms with Crippen LogP contribution >= 0.6 is 0 Å². The lowest BCUT2D eigenvalue weighted by Crippen LogP contribution is -2.38. The topological polar surface area (TPSA) is 38.1 Å². The summed E-state index contributed by atoms with van der Waals surface area (Å²) in [5.74, 6) is 0.00703. The number of imidazole rings is 1. The van der Waals surface area contributed by atoms with E-state index in [1.165, 1.54) is 10.6 Å². The average Bonchev–Trinajstić information content (AvgIpc) is 2.80. The van der Waals surface area contributed by atoms with E-state index in [0.717, 1.165) is 19.0 Å². The summed E-state index contributed by atoms with van der Waals surface area (Å²) in [6, 6.07) is 0. The molecule has 1 amide bonds. The van der Waals surface area contributed by atoms with E-state index < -0.39 is 11.9 Å². The normalized spacial score (nSPS) is 20.0. The summed E-state index contributed by atoms with van der Waals surface area (Å²) in [5.41, 5.74) is -0.887. The van der Waals surface area contributed by atoms with Crippen LogP contribution in [-0.4, -0.2) is 33.4 Å². The van der Waals surface area contributed by atoms with Crippen molar-refractivity contribution >= 4 is 5.91 Å². The summed E-state index contributed by atoms with van der Waals surface area (Å²) in [6.07, 6.45) is -0.756. The van der Waals surface area contributed by atoms with Crippen molar-refractivity contribution in [3.63, 3.8) is 0 Å². The summed E-state index contributed by atoms with van der Waals surface area (Å²) >= 11 is 0. The Morgan fingerprint density at radius 1 is 1.55 bits per heavy atom. The van der Waals surface area contributed by atoms with Crippen molar-refractivity contribution < 1.29 is 18.0 Å². The molecule has 0 unspecified atom stereocenters. The van der Waals surface area contributed by atoms with E-state index in [0.29, 0.717) is 18.9 Å². The lowest BCUT2D eigenvalue weighted by atomic mass is 9.97. The van der Waals surface area contributed by atoms with Gasteiger partial charge in [0.1, 0.15) is 5.82 Å². The van der Waals surface area contributed by atoms with Crippen molar-refractivity contribution in [2.45, 2.75) is 24.9 Å². The van der Waals surface area contributed by atoms with Gasteiger partial charge in [0.2, 0.25) is 5.91 Å². The molecule has 1 aromatic rings. The summed E-state index contributed by atoms with van der Waals surface area (Å²) in [5, 5.41) is 0. The number of rotatable bonds is 2. The van der Waals surface area contributed by atoms with Crippen molar-refractivity contribution in [2.75, 3.05) is 13.1 Å². The molecule has 0 aliphatic carbocycles. The SMILES string of the molecule is C=CC(=O)N1CCC[C@H](c2nc(C(F)(F)F)cn2C)C1. The molecule has 7 heteroatoms. The molecule has 4 nitrogen and oxygen atoms in total. The lowest BCUT2D eigenvalue weighted by Gasteiger charge is -2.31. The van der Waals surface area contributed by atoms with E-state index in [1.54, 1.807) is 11.9 Å². The van der Waals surface area contributed by atoms with Crippen LogP contribution in [0.3, 0.4) is 0 Å². The number of aromatic nitrogens is 2. The first kappa shape index (κ1) is 14.6. The van der Waals surface area contributed by atoms with E-state index in [1.807, 2.05) is 0 Å². The minimum atomic E-state index is -4.44. The molecule has 1 aliphatic rings. The van der Waals surface area contributed by atoms with Gasteiger partial charge in [-0.05, 0) is 18.9 Å². The maximum absolute atomic E-state index is 12.7. The molecule has 2 heterocycles. The number of halogens is 3. The maximum Gasteiger partial charge on any atom is 0.434 e. The standard InChI is InChI=1S/C13H16F3N3O/c1-3-11(20)19-6-4-5-9(7-19)12-17-10(8-18(12)2)13(14,15)16/h3,8-9H,1,4-7H2,2H3/t9-/m0/s1. The fraction of sp³-hybridized carbons (Fsp3) is 0.538. The molecule has 0 saturated carbocycles. The third-order valence-corrected chi connectivity index (χ3v) is 3.48. The average molecular weight is 287 g/mol. The summed E-state index contributed by atoms with van der Waals surface area (Å²) < 4.78 is 39.4. The van der Waals surface area contributed by atoms with Crippen LogP contribution < -0.4 is 0 Å². The summed E-state index contributed by atoms with van der Waals surface area (Å²) in [4.78, 5) is 16.9. The van der Waals surface area contributed by atoms with E-state index >= 15 is 0 Å². The van der Waals surface area contributed by atoms with Gasteiger partial charge < -0.3 is 9.47 Å². The van der Waals surface area contributed by atoms with Crippen LogP contribution in [0.4, 0.5) is 13.2 Å². The maximum atomic E-state index is 12.7. The molecule has 0 spiro atoms. The highest BCUT2D eigenvalue weighted by Crippen LogP contribution is 2.32. The van der Waals surface area contributed by atoms with Crippen molar-refractivity contribution in [1.82, 2.24) is 14.5 Å². The van der Waals surface area contributed by atoms with Crippen LogP contribution in [0.1, 0.15) is 30.3 Å². The number of carbonyl (C=O) groups is 1. The van der Waals surface area contributed by atoms with E-state index in [9.17, 15) is 18.0 Å². The molecular formula is C13H16F3N3O. The monoisotopic (exact) mass is 287 g/mol. The Morgan fingerprint density at radius 3 is 2.80 bits per heavy atom. The third-order valence-electron chi connectivity index (χ3n) is 3.48. The first-order valence-electron chi connectivity index (χ1n) is 6.34. The Morgan fingerprint density at radius 2 is 2.25 bits per heavy atom. The quantitative estimate of drug-likeness (QED) is 0.783. The van der Waals surface area contributed by atoms with Crippen molar-refractivity contribution in [2.24, 2.45) is 7.05 Å². The predicted octanol–water partition coefficient (Wildman–Crippen LogP) is 2.33. The van der Waals surface area contributed by atoms with Gasteiger partial charge in [-0.1, -0.05) is 6.58 Å². The Balaban J connectivity index is 2.21. The second-order valence-corrected chi connectivity index (χ2v) is 4.92. The van der Waals surface area contributed by atoms with Gasteiger partial charge in [0.05, 0.1) is 0 Å². The van der Waals surface area contributed by atoms with Crippen molar-refractivity contribution in [3.05, 3.63) is 30.4 Å². The molecule has 0 bridgehead atoms.